The number of nitrogens with one attached hydrogen (secondary N) is 1. The molecule has 0 saturated carbocycles. The van der Waals surface area contributed by atoms with Crippen molar-refractivity contribution in [2.75, 3.05) is 38.9 Å². The average molecular weight is 338 g/mol. The van der Waals surface area contributed by atoms with E-state index in [9.17, 15) is 9.59 Å². The van der Waals surface area contributed by atoms with Crippen LogP contribution in [0.15, 0.2) is 0 Å². The summed E-state index contributed by atoms with van der Waals surface area (Å²) in [5.74, 6) is -0.293. The summed E-state index contributed by atoms with van der Waals surface area (Å²) in [4.78, 5) is 21.6. The van der Waals surface area contributed by atoms with Crippen LogP contribution in [0.1, 0.15) is 44.9 Å². The zero-order chi connectivity index (χ0) is 16.5. The number of rotatable bonds is 16. The lowest BCUT2D eigenvalue weighted by Gasteiger charge is -2.07. The van der Waals surface area contributed by atoms with E-state index >= 15 is 0 Å². The molecule has 7 heteroatoms. The Bertz CT molecular complexity index is 289. The maximum atomic E-state index is 11.3. The molecule has 0 aromatic heterocycles. The molecule has 0 heterocycles. The molecule has 0 aromatic carbocycles. The summed E-state index contributed by atoms with van der Waals surface area (Å²) in [6, 6.07) is 0. The van der Waals surface area contributed by atoms with Crippen LogP contribution in [0.5, 0.6) is 0 Å². The van der Waals surface area contributed by atoms with E-state index in [0.717, 1.165) is 38.2 Å². The van der Waals surface area contributed by atoms with Crippen LogP contribution in [0.25, 0.3) is 0 Å². The van der Waals surface area contributed by atoms with Gasteiger partial charge in [0.2, 0.25) is 5.91 Å². The van der Waals surface area contributed by atoms with Crippen molar-refractivity contribution in [1.82, 2.24) is 5.32 Å². The third kappa shape index (κ3) is 17.2. The SMILES string of the molecule is O=C(O)CCCC(=O)NCCOCCOCCCCCCCl. The highest BCUT2D eigenvalue weighted by Crippen LogP contribution is 2.01. The van der Waals surface area contributed by atoms with Crippen LogP contribution in [0.3, 0.4) is 0 Å². The predicted octanol–water partition coefficient (Wildman–Crippen LogP) is 2.19. The molecule has 0 radical (unpaired) electrons. The fourth-order valence-corrected chi connectivity index (χ4v) is 1.91. The highest BCUT2D eigenvalue weighted by molar-refractivity contribution is 6.17. The molecular formula is C15H28ClNO5. The highest BCUT2D eigenvalue weighted by atomic mass is 35.5. The Hall–Kier alpha value is -0.850. The van der Waals surface area contributed by atoms with E-state index in [1.165, 1.54) is 0 Å². The predicted molar refractivity (Wildman–Crippen MR) is 85.3 cm³/mol. The molecule has 22 heavy (non-hydrogen) atoms. The third-order valence-electron chi connectivity index (χ3n) is 2.91. The van der Waals surface area contributed by atoms with Crippen molar-refractivity contribution >= 4 is 23.5 Å². The first kappa shape index (κ1) is 21.1. The zero-order valence-electron chi connectivity index (χ0n) is 13.2. The van der Waals surface area contributed by atoms with Crippen LogP contribution >= 0.6 is 11.6 Å². The van der Waals surface area contributed by atoms with Crippen LogP contribution in [-0.4, -0.2) is 55.8 Å². The molecule has 130 valence electrons. The summed E-state index contributed by atoms with van der Waals surface area (Å²) in [6.45, 7) is 2.68. The molecule has 0 aliphatic rings. The van der Waals surface area contributed by atoms with Gasteiger partial charge in [-0.3, -0.25) is 9.59 Å². The Labute approximate surface area is 137 Å². The minimum atomic E-state index is -0.879. The van der Waals surface area contributed by atoms with Crippen molar-refractivity contribution in [3.63, 3.8) is 0 Å². The second-order valence-electron chi connectivity index (χ2n) is 4.93. The summed E-state index contributed by atoms with van der Waals surface area (Å²) in [5.41, 5.74) is 0. The zero-order valence-corrected chi connectivity index (χ0v) is 13.9. The molecule has 0 unspecified atom stereocenters. The van der Waals surface area contributed by atoms with Gasteiger partial charge in [0.15, 0.2) is 0 Å². The first-order chi connectivity index (χ1) is 10.7. The lowest BCUT2D eigenvalue weighted by atomic mass is 10.2. The maximum absolute atomic E-state index is 11.3. The van der Waals surface area contributed by atoms with Crippen molar-refractivity contribution in [1.29, 1.82) is 0 Å². The van der Waals surface area contributed by atoms with Crippen molar-refractivity contribution in [2.45, 2.75) is 44.9 Å². The summed E-state index contributed by atoms with van der Waals surface area (Å²) in [6.07, 6.45) is 5.01. The van der Waals surface area contributed by atoms with Crippen LogP contribution < -0.4 is 5.32 Å². The third-order valence-corrected chi connectivity index (χ3v) is 3.17. The minimum absolute atomic E-state index is 0.0210. The quantitative estimate of drug-likeness (QED) is 0.333. The number of ether oxygens (including phenoxy) is 2. The molecule has 6 nitrogen and oxygen atoms in total. The summed E-state index contributed by atoms with van der Waals surface area (Å²) in [7, 11) is 0. The molecule has 1 amide bonds. The van der Waals surface area contributed by atoms with Crippen molar-refractivity contribution < 1.29 is 24.2 Å². The molecule has 0 aromatic rings. The number of alkyl halides is 1. The molecular weight excluding hydrogens is 310 g/mol. The number of hydrogen-bond acceptors (Lipinski definition) is 4. The second kappa shape index (κ2) is 16.5. The molecule has 0 aliphatic heterocycles. The van der Waals surface area contributed by atoms with E-state index < -0.39 is 5.97 Å². The Kier molecular flexibility index (Phi) is 15.9. The van der Waals surface area contributed by atoms with E-state index in [0.29, 0.717) is 32.8 Å². The minimum Gasteiger partial charge on any atom is -0.481 e. The molecule has 0 bridgehead atoms. The first-order valence-electron chi connectivity index (χ1n) is 7.86. The van der Waals surface area contributed by atoms with E-state index in [4.69, 9.17) is 26.2 Å². The Morgan fingerprint density at radius 1 is 0.864 bits per heavy atom. The molecule has 0 spiro atoms. The number of hydrogen-bond donors (Lipinski definition) is 2. The molecule has 0 saturated heterocycles. The summed E-state index contributed by atoms with van der Waals surface area (Å²) in [5, 5.41) is 11.1. The molecule has 0 atom stereocenters. The van der Waals surface area contributed by atoms with Crippen LogP contribution in [0.2, 0.25) is 0 Å². The number of carboxylic acids is 1. The Morgan fingerprint density at radius 2 is 1.55 bits per heavy atom. The topological polar surface area (TPSA) is 84.9 Å². The van der Waals surface area contributed by atoms with Crippen LogP contribution in [0, 0.1) is 0 Å². The molecule has 0 rings (SSSR count). The number of aliphatic carboxylic acids is 1. The second-order valence-corrected chi connectivity index (χ2v) is 5.30. The van der Waals surface area contributed by atoms with Crippen LogP contribution in [0.4, 0.5) is 0 Å². The summed E-state index contributed by atoms with van der Waals surface area (Å²) >= 11 is 5.58. The van der Waals surface area contributed by atoms with Gasteiger partial charge >= 0.3 is 5.97 Å². The molecule has 0 fully saturated rings. The van der Waals surface area contributed by atoms with Crippen molar-refractivity contribution in [2.24, 2.45) is 0 Å². The standard InChI is InChI=1S/C15H28ClNO5/c16-8-3-1-2-4-10-21-12-13-22-11-9-17-14(18)6-5-7-15(19)20/h1-13H2,(H,17,18)(H,19,20). The van der Waals surface area contributed by atoms with Gasteiger partial charge in [-0.2, -0.15) is 0 Å². The van der Waals surface area contributed by atoms with Gasteiger partial charge < -0.3 is 19.9 Å². The number of unbranched alkanes of at least 4 members (excludes halogenated alkanes) is 3. The van der Waals surface area contributed by atoms with E-state index in [1.807, 2.05) is 0 Å². The Balaban J connectivity index is 3.13. The number of carboxylic acid groups (broad SMARTS) is 1. The van der Waals surface area contributed by atoms with E-state index in [2.05, 4.69) is 5.32 Å². The van der Waals surface area contributed by atoms with Gasteiger partial charge in [0.1, 0.15) is 0 Å². The fourth-order valence-electron chi connectivity index (χ4n) is 1.73. The fraction of sp³-hybridized carbons (Fsp3) is 0.867. The van der Waals surface area contributed by atoms with Gasteiger partial charge in [-0.1, -0.05) is 12.8 Å². The monoisotopic (exact) mass is 337 g/mol. The lowest BCUT2D eigenvalue weighted by Crippen LogP contribution is -2.27. The summed E-state index contributed by atoms with van der Waals surface area (Å²) < 4.78 is 10.7. The smallest absolute Gasteiger partial charge is 0.303 e. The number of amides is 1. The van der Waals surface area contributed by atoms with Gasteiger partial charge in [0.05, 0.1) is 19.8 Å². The van der Waals surface area contributed by atoms with Gasteiger partial charge in [-0.25, -0.2) is 0 Å². The highest BCUT2D eigenvalue weighted by Gasteiger charge is 2.02. The van der Waals surface area contributed by atoms with Crippen LogP contribution in [-0.2, 0) is 19.1 Å². The van der Waals surface area contributed by atoms with Crippen molar-refractivity contribution in [3.05, 3.63) is 0 Å². The van der Waals surface area contributed by atoms with Gasteiger partial charge in [-0.15, -0.1) is 11.6 Å². The maximum Gasteiger partial charge on any atom is 0.303 e. The number of carbonyl (C=O) groups is 2. The number of halogens is 1. The number of carbonyl (C=O) groups excluding carboxylic acids is 1. The molecule has 2 N–H and O–H groups in total. The normalized spacial score (nSPS) is 10.6. The lowest BCUT2D eigenvalue weighted by molar-refractivity contribution is -0.137. The Morgan fingerprint density at radius 3 is 2.23 bits per heavy atom. The van der Waals surface area contributed by atoms with Gasteiger partial charge in [0, 0.05) is 31.9 Å². The van der Waals surface area contributed by atoms with Gasteiger partial charge in [0.25, 0.3) is 0 Å². The largest absolute Gasteiger partial charge is 0.481 e. The average Bonchev–Trinajstić information content (AvgIpc) is 2.48. The molecule has 0 aliphatic carbocycles. The van der Waals surface area contributed by atoms with E-state index in [1.54, 1.807) is 0 Å². The van der Waals surface area contributed by atoms with Crippen molar-refractivity contribution in [3.8, 4) is 0 Å². The van der Waals surface area contributed by atoms with E-state index in [-0.39, 0.29) is 18.7 Å². The van der Waals surface area contributed by atoms with Gasteiger partial charge in [-0.05, 0) is 19.3 Å². The first-order valence-corrected chi connectivity index (χ1v) is 8.40.